The van der Waals surface area contributed by atoms with E-state index in [1.165, 1.54) is 0 Å². The van der Waals surface area contributed by atoms with E-state index in [-0.39, 0.29) is 5.54 Å². The largest absolute Gasteiger partial charge is 0.301 e. The van der Waals surface area contributed by atoms with Gasteiger partial charge < -0.3 is 4.79 Å². The molecule has 2 nitrogen and oxygen atoms in total. The Morgan fingerprint density at radius 2 is 1.62 bits per heavy atom. The lowest BCUT2D eigenvalue weighted by atomic mass is 9.95. The van der Waals surface area contributed by atoms with Gasteiger partial charge in [0.05, 0.1) is 5.54 Å². The zero-order valence-electron chi connectivity index (χ0n) is 9.79. The maximum absolute atomic E-state index is 11.1. The SMILES string of the molecule is CCC(C)(C=O)N(C(C)C)C(C)C. The monoisotopic (exact) mass is 185 g/mol. The van der Waals surface area contributed by atoms with E-state index in [1.807, 2.05) is 6.92 Å². The highest BCUT2D eigenvalue weighted by Gasteiger charge is 2.33. The molecular formula is C11H23NO. The highest BCUT2D eigenvalue weighted by Crippen LogP contribution is 2.22. The molecule has 0 saturated heterocycles. The summed E-state index contributed by atoms with van der Waals surface area (Å²) < 4.78 is 0. The Labute approximate surface area is 82.3 Å². The van der Waals surface area contributed by atoms with Crippen molar-refractivity contribution in [2.45, 2.75) is 65.6 Å². The molecule has 0 saturated carbocycles. The molecule has 0 spiro atoms. The number of hydrogen-bond acceptors (Lipinski definition) is 2. The molecule has 0 aromatic rings. The van der Waals surface area contributed by atoms with Crippen LogP contribution in [0.4, 0.5) is 0 Å². The van der Waals surface area contributed by atoms with Crippen molar-refractivity contribution in [2.75, 3.05) is 0 Å². The lowest BCUT2D eigenvalue weighted by Crippen LogP contribution is -2.54. The van der Waals surface area contributed by atoms with E-state index >= 15 is 0 Å². The third kappa shape index (κ3) is 2.80. The van der Waals surface area contributed by atoms with Gasteiger partial charge in [0.25, 0.3) is 0 Å². The van der Waals surface area contributed by atoms with E-state index in [1.54, 1.807) is 0 Å². The zero-order valence-corrected chi connectivity index (χ0v) is 9.79. The summed E-state index contributed by atoms with van der Waals surface area (Å²) in [4.78, 5) is 13.3. The molecule has 2 heteroatoms. The predicted octanol–water partition coefficient (Wildman–Crippen LogP) is 2.47. The molecule has 0 bridgehead atoms. The first-order valence-corrected chi connectivity index (χ1v) is 5.13. The second-order valence-corrected chi connectivity index (χ2v) is 4.42. The van der Waals surface area contributed by atoms with Crippen molar-refractivity contribution in [2.24, 2.45) is 0 Å². The molecule has 0 rings (SSSR count). The van der Waals surface area contributed by atoms with E-state index in [0.717, 1.165) is 12.7 Å². The van der Waals surface area contributed by atoms with Gasteiger partial charge in [-0.3, -0.25) is 4.90 Å². The summed E-state index contributed by atoms with van der Waals surface area (Å²) in [5.41, 5.74) is -0.303. The number of hydrogen-bond donors (Lipinski definition) is 0. The van der Waals surface area contributed by atoms with Crippen molar-refractivity contribution in [3.8, 4) is 0 Å². The van der Waals surface area contributed by atoms with Gasteiger partial charge in [-0.1, -0.05) is 6.92 Å². The second-order valence-electron chi connectivity index (χ2n) is 4.42. The van der Waals surface area contributed by atoms with Crippen molar-refractivity contribution in [3.63, 3.8) is 0 Å². The topological polar surface area (TPSA) is 20.3 Å². The Morgan fingerprint density at radius 1 is 1.23 bits per heavy atom. The molecule has 78 valence electrons. The van der Waals surface area contributed by atoms with Crippen molar-refractivity contribution >= 4 is 6.29 Å². The summed E-state index contributed by atoms with van der Waals surface area (Å²) in [5.74, 6) is 0. The van der Waals surface area contributed by atoms with E-state index in [4.69, 9.17) is 0 Å². The van der Waals surface area contributed by atoms with Crippen LogP contribution in [0.15, 0.2) is 0 Å². The summed E-state index contributed by atoms with van der Waals surface area (Å²) in [5, 5.41) is 0. The van der Waals surface area contributed by atoms with E-state index in [0.29, 0.717) is 12.1 Å². The molecule has 0 radical (unpaired) electrons. The minimum Gasteiger partial charge on any atom is -0.301 e. The van der Waals surface area contributed by atoms with Crippen LogP contribution in [-0.2, 0) is 4.79 Å². The number of carbonyl (C=O) groups is 1. The van der Waals surface area contributed by atoms with E-state index < -0.39 is 0 Å². The highest BCUT2D eigenvalue weighted by molar-refractivity contribution is 5.63. The van der Waals surface area contributed by atoms with Crippen LogP contribution in [0, 0.1) is 0 Å². The number of rotatable bonds is 5. The number of carbonyl (C=O) groups excluding carboxylic acids is 1. The molecule has 0 aromatic carbocycles. The Morgan fingerprint density at radius 3 is 1.69 bits per heavy atom. The molecule has 13 heavy (non-hydrogen) atoms. The first-order valence-electron chi connectivity index (χ1n) is 5.13. The second kappa shape index (κ2) is 4.75. The van der Waals surface area contributed by atoms with Gasteiger partial charge in [-0.15, -0.1) is 0 Å². The molecule has 0 aliphatic rings. The summed E-state index contributed by atoms with van der Waals surface area (Å²) in [6.45, 7) is 12.6. The van der Waals surface area contributed by atoms with Crippen molar-refractivity contribution in [3.05, 3.63) is 0 Å². The Hall–Kier alpha value is -0.370. The van der Waals surface area contributed by atoms with Crippen LogP contribution in [0.3, 0.4) is 0 Å². The maximum Gasteiger partial charge on any atom is 0.139 e. The van der Waals surface area contributed by atoms with Crippen LogP contribution in [0.5, 0.6) is 0 Å². The summed E-state index contributed by atoms with van der Waals surface area (Å²) in [6.07, 6.45) is 1.94. The average molecular weight is 185 g/mol. The van der Waals surface area contributed by atoms with E-state index in [9.17, 15) is 4.79 Å². The highest BCUT2D eigenvalue weighted by atomic mass is 16.1. The lowest BCUT2D eigenvalue weighted by molar-refractivity contribution is -0.120. The normalized spacial score (nSPS) is 16.7. The van der Waals surface area contributed by atoms with Gasteiger partial charge in [0.1, 0.15) is 6.29 Å². The summed E-state index contributed by atoms with van der Waals surface area (Å²) >= 11 is 0. The predicted molar refractivity (Wildman–Crippen MR) is 56.9 cm³/mol. The molecule has 0 aliphatic carbocycles. The number of aldehydes is 1. The average Bonchev–Trinajstić information content (AvgIpc) is 2.02. The maximum atomic E-state index is 11.1. The lowest BCUT2D eigenvalue weighted by Gasteiger charge is -2.42. The summed E-state index contributed by atoms with van der Waals surface area (Å²) in [6, 6.07) is 0.824. The zero-order chi connectivity index (χ0) is 10.6. The van der Waals surface area contributed by atoms with Crippen LogP contribution >= 0.6 is 0 Å². The molecule has 0 aliphatic heterocycles. The summed E-state index contributed by atoms with van der Waals surface area (Å²) in [7, 11) is 0. The van der Waals surface area contributed by atoms with Crippen LogP contribution in [0.2, 0.25) is 0 Å². The van der Waals surface area contributed by atoms with Crippen LogP contribution in [0.25, 0.3) is 0 Å². The Kier molecular flexibility index (Phi) is 4.62. The molecule has 1 atom stereocenters. The molecule has 0 fully saturated rings. The fourth-order valence-electron chi connectivity index (χ4n) is 2.10. The minimum atomic E-state index is -0.303. The number of nitrogens with zero attached hydrogens (tertiary/aromatic N) is 1. The quantitative estimate of drug-likeness (QED) is 0.613. The fraction of sp³-hybridized carbons (Fsp3) is 0.909. The molecule has 1 unspecified atom stereocenters. The smallest absolute Gasteiger partial charge is 0.139 e. The molecule has 0 N–H and O–H groups in total. The molecular weight excluding hydrogens is 162 g/mol. The van der Waals surface area contributed by atoms with Gasteiger partial charge in [-0.2, -0.15) is 0 Å². The standard InChI is InChI=1S/C11H23NO/c1-7-11(6,8-13)12(9(2)3)10(4)5/h8-10H,7H2,1-6H3. The van der Waals surface area contributed by atoms with Gasteiger partial charge in [-0.05, 0) is 41.0 Å². The van der Waals surface area contributed by atoms with Gasteiger partial charge in [-0.25, -0.2) is 0 Å². The van der Waals surface area contributed by atoms with E-state index in [2.05, 4.69) is 39.5 Å². The molecule has 0 aromatic heterocycles. The molecule has 0 amide bonds. The van der Waals surface area contributed by atoms with Crippen molar-refractivity contribution < 1.29 is 4.79 Å². The molecule has 0 heterocycles. The Balaban J connectivity index is 4.79. The van der Waals surface area contributed by atoms with Crippen LogP contribution in [0.1, 0.15) is 48.0 Å². The van der Waals surface area contributed by atoms with Gasteiger partial charge in [0, 0.05) is 12.1 Å². The first-order chi connectivity index (χ1) is 5.89. The van der Waals surface area contributed by atoms with Crippen LogP contribution < -0.4 is 0 Å². The fourth-order valence-corrected chi connectivity index (χ4v) is 2.10. The third-order valence-electron chi connectivity index (χ3n) is 2.67. The Bertz CT molecular complexity index is 157. The first kappa shape index (κ1) is 12.6. The van der Waals surface area contributed by atoms with Gasteiger partial charge in [0.15, 0.2) is 0 Å². The minimum absolute atomic E-state index is 0.303. The van der Waals surface area contributed by atoms with Crippen molar-refractivity contribution in [1.29, 1.82) is 0 Å². The third-order valence-corrected chi connectivity index (χ3v) is 2.67. The van der Waals surface area contributed by atoms with Crippen molar-refractivity contribution in [1.82, 2.24) is 4.90 Å². The van der Waals surface area contributed by atoms with Gasteiger partial charge in [0.2, 0.25) is 0 Å². The van der Waals surface area contributed by atoms with Gasteiger partial charge >= 0.3 is 0 Å². The van der Waals surface area contributed by atoms with Crippen LogP contribution in [-0.4, -0.2) is 28.8 Å².